The summed E-state index contributed by atoms with van der Waals surface area (Å²) in [7, 11) is 0. The molecule has 0 bridgehead atoms. The van der Waals surface area contributed by atoms with E-state index in [0.29, 0.717) is 17.7 Å². The Kier molecular flexibility index (Phi) is 3.48. The van der Waals surface area contributed by atoms with E-state index < -0.39 is 0 Å². The van der Waals surface area contributed by atoms with Crippen LogP contribution in [0.4, 0.5) is 5.82 Å². The van der Waals surface area contributed by atoms with E-state index in [1.807, 2.05) is 11.4 Å². The second-order valence-electron chi connectivity index (χ2n) is 6.49. The number of hydrogen-bond donors (Lipinski definition) is 0. The molecule has 118 valence electrons. The average Bonchev–Trinajstić information content (AvgIpc) is 3.03. The third-order valence-electron chi connectivity index (χ3n) is 4.66. The third kappa shape index (κ3) is 2.56. The fourth-order valence-corrected chi connectivity index (χ4v) is 3.54. The first-order chi connectivity index (χ1) is 11.2. The Bertz CT molecular complexity index is 811. The lowest BCUT2D eigenvalue weighted by molar-refractivity contribution is 0.377. The maximum Gasteiger partial charge on any atom is 0.254 e. The van der Waals surface area contributed by atoms with Gasteiger partial charge in [0.25, 0.3) is 5.78 Å². The SMILES string of the molecule is Cc1cc(N2C[C@@H](C)CC[C@@H]2c2ccccc2)n2ncnc2n1. The first kappa shape index (κ1) is 14.2. The van der Waals surface area contributed by atoms with Crippen LogP contribution in [0.3, 0.4) is 0 Å². The lowest BCUT2D eigenvalue weighted by Gasteiger charge is -2.40. The smallest absolute Gasteiger partial charge is 0.254 e. The highest BCUT2D eigenvalue weighted by atomic mass is 15.4. The van der Waals surface area contributed by atoms with Crippen molar-refractivity contribution in [1.29, 1.82) is 0 Å². The number of aryl methyl sites for hydroxylation is 1. The number of piperidine rings is 1. The van der Waals surface area contributed by atoms with Crippen LogP contribution in [-0.2, 0) is 0 Å². The first-order valence-corrected chi connectivity index (χ1v) is 8.21. The Hall–Kier alpha value is -2.43. The third-order valence-corrected chi connectivity index (χ3v) is 4.66. The van der Waals surface area contributed by atoms with Crippen molar-refractivity contribution in [2.45, 2.75) is 32.7 Å². The molecular formula is C18H21N5. The van der Waals surface area contributed by atoms with Gasteiger partial charge in [-0.2, -0.15) is 14.6 Å². The van der Waals surface area contributed by atoms with Crippen LogP contribution in [0.15, 0.2) is 42.7 Å². The van der Waals surface area contributed by atoms with Crippen molar-refractivity contribution in [3.05, 3.63) is 54.0 Å². The van der Waals surface area contributed by atoms with Crippen molar-refractivity contribution >= 4 is 11.6 Å². The summed E-state index contributed by atoms with van der Waals surface area (Å²) in [5, 5.41) is 4.39. The molecule has 1 aliphatic rings. The molecule has 0 N–H and O–H groups in total. The zero-order chi connectivity index (χ0) is 15.8. The van der Waals surface area contributed by atoms with Crippen LogP contribution in [-0.4, -0.2) is 26.1 Å². The quantitative estimate of drug-likeness (QED) is 0.728. The van der Waals surface area contributed by atoms with Crippen LogP contribution in [0.1, 0.15) is 37.1 Å². The minimum Gasteiger partial charge on any atom is -0.349 e. The molecule has 2 atom stereocenters. The van der Waals surface area contributed by atoms with E-state index in [2.05, 4.69) is 63.3 Å². The van der Waals surface area contributed by atoms with E-state index in [9.17, 15) is 0 Å². The summed E-state index contributed by atoms with van der Waals surface area (Å²) in [5.41, 5.74) is 2.34. The Labute approximate surface area is 136 Å². The minimum atomic E-state index is 0.376. The lowest BCUT2D eigenvalue weighted by Crippen LogP contribution is -2.38. The van der Waals surface area contributed by atoms with Crippen molar-refractivity contribution in [3.63, 3.8) is 0 Å². The summed E-state index contributed by atoms with van der Waals surface area (Å²) >= 11 is 0. The van der Waals surface area contributed by atoms with Crippen molar-refractivity contribution in [3.8, 4) is 0 Å². The van der Waals surface area contributed by atoms with Crippen molar-refractivity contribution in [2.75, 3.05) is 11.4 Å². The highest BCUT2D eigenvalue weighted by Crippen LogP contribution is 2.36. The summed E-state index contributed by atoms with van der Waals surface area (Å²) in [6, 6.07) is 13.3. The molecule has 0 spiro atoms. The Morgan fingerprint density at radius 1 is 1.13 bits per heavy atom. The molecule has 2 aromatic heterocycles. The van der Waals surface area contributed by atoms with E-state index in [1.165, 1.54) is 12.0 Å². The molecule has 1 aliphatic heterocycles. The van der Waals surface area contributed by atoms with Crippen molar-refractivity contribution < 1.29 is 0 Å². The first-order valence-electron chi connectivity index (χ1n) is 8.21. The predicted molar refractivity (Wildman–Crippen MR) is 90.4 cm³/mol. The molecule has 5 heteroatoms. The Balaban J connectivity index is 1.83. The van der Waals surface area contributed by atoms with Gasteiger partial charge in [0.2, 0.25) is 0 Å². The molecule has 3 heterocycles. The molecular weight excluding hydrogens is 286 g/mol. The van der Waals surface area contributed by atoms with Gasteiger partial charge < -0.3 is 4.90 Å². The van der Waals surface area contributed by atoms with Crippen LogP contribution in [0.5, 0.6) is 0 Å². The van der Waals surface area contributed by atoms with E-state index in [1.54, 1.807) is 6.33 Å². The number of nitrogens with zero attached hydrogens (tertiary/aromatic N) is 5. The molecule has 1 saturated heterocycles. The van der Waals surface area contributed by atoms with Gasteiger partial charge in [0.1, 0.15) is 12.1 Å². The minimum absolute atomic E-state index is 0.376. The van der Waals surface area contributed by atoms with Gasteiger partial charge in [-0.15, -0.1) is 0 Å². The van der Waals surface area contributed by atoms with Gasteiger partial charge in [-0.3, -0.25) is 0 Å². The fourth-order valence-electron chi connectivity index (χ4n) is 3.54. The molecule has 23 heavy (non-hydrogen) atoms. The number of anilines is 1. The predicted octanol–water partition coefficient (Wildman–Crippen LogP) is 3.41. The van der Waals surface area contributed by atoms with Gasteiger partial charge in [0, 0.05) is 18.3 Å². The molecule has 5 nitrogen and oxygen atoms in total. The van der Waals surface area contributed by atoms with E-state index in [-0.39, 0.29) is 0 Å². The standard InChI is InChI=1S/C18H21N5/c1-13-8-9-16(15-6-4-3-5-7-15)22(11-13)17-10-14(2)21-18-19-12-20-23(17)18/h3-7,10,12-13,16H,8-9,11H2,1-2H3/t13-,16+/m0/s1. The largest absolute Gasteiger partial charge is 0.349 e. The van der Waals surface area contributed by atoms with Crippen LogP contribution in [0.25, 0.3) is 5.78 Å². The van der Waals surface area contributed by atoms with Crippen molar-refractivity contribution in [1.82, 2.24) is 19.6 Å². The highest BCUT2D eigenvalue weighted by Gasteiger charge is 2.29. The summed E-state index contributed by atoms with van der Waals surface area (Å²) < 4.78 is 1.86. The molecule has 4 rings (SSSR count). The van der Waals surface area contributed by atoms with Gasteiger partial charge in [-0.25, -0.2) is 4.98 Å². The number of fused-ring (bicyclic) bond motifs is 1. The molecule has 0 unspecified atom stereocenters. The number of hydrogen-bond acceptors (Lipinski definition) is 4. The maximum absolute atomic E-state index is 4.47. The Morgan fingerprint density at radius 2 is 1.96 bits per heavy atom. The van der Waals surface area contributed by atoms with E-state index in [0.717, 1.165) is 24.5 Å². The van der Waals surface area contributed by atoms with E-state index >= 15 is 0 Å². The average molecular weight is 307 g/mol. The molecule has 0 saturated carbocycles. The Morgan fingerprint density at radius 3 is 2.78 bits per heavy atom. The van der Waals surface area contributed by atoms with E-state index in [4.69, 9.17) is 0 Å². The summed E-state index contributed by atoms with van der Waals surface area (Å²) in [5.74, 6) is 2.43. The topological polar surface area (TPSA) is 46.3 Å². The molecule has 3 aromatic rings. The molecule has 0 radical (unpaired) electrons. The van der Waals surface area contributed by atoms with Gasteiger partial charge in [-0.1, -0.05) is 37.3 Å². The molecule has 1 aromatic carbocycles. The fraction of sp³-hybridized carbons (Fsp3) is 0.389. The van der Waals surface area contributed by atoms with Crippen LogP contribution in [0.2, 0.25) is 0 Å². The number of rotatable bonds is 2. The monoisotopic (exact) mass is 307 g/mol. The maximum atomic E-state index is 4.47. The summed E-state index contributed by atoms with van der Waals surface area (Å²) in [4.78, 5) is 11.2. The highest BCUT2D eigenvalue weighted by molar-refractivity contribution is 5.50. The zero-order valence-corrected chi connectivity index (χ0v) is 13.6. The van der Waals surface area contributed by atoms with Gasteiger partial charge in [0.05, 0.1) is 6.04 Å². The number of aromatic nitrogens is 4. The lowest BCUT2D eigenvalue weighted by atomic mass is 9.90. The van der Waals surface area contributed by atoms with Gasteiger partial charge in [0.15, 0.2) is 0 Å². The van der Waals surface area contributed by atoms with Crippen molar-refractivity contribution in [2.24, 2.45) is 5.92 Å². The molecule has 1 fully saturated rings. The summed E-state index contributed by atoms with van der Waals surface area (Å²) in [6.07, 6.45) is 3.99. The second kappa shape index (κ2) is 5.65. The van der Waals surface area contributed by atoms with Crippen LogP contribution < -0.4 is 4.90 Å². The zero-order valence-electron chi connectivity index (χ0n) is 13.6. The molecule has 0 amide bonds. The van der Waals surface area contributed by atoms with Gasteiger partial charge >= 0.3 is 0 Å². The molecule has 0 aliphatic carbocycles. The summed E-state index contributed by atoms with van der Waals surface area (Å²) in [6.45, 7) is 5.36. The normalized spacial score (nSPS) is 21.7. The van der Waals surface area contributed by atoms with Gasteiger partial charge in [-0.05, 0) is 31.2 Å². The second-order valence-corrected chi connectivity index (χ2v) is 6.49. The number of benzene rings is 1. The van der Waals surface area contributed by atoms with Crippen LogP contribution >= 0.6 is 0 Å². The van der Waals surface area contributed by atoms with Crippen LogP contribution in [0, 0.1) is 12.8 Å².